The Morgan fingerprint density at radius 2 is 1.77 bits per heavy atom. The largest absolute Gasteiger partial charge is 0.369 e. The number of para-hydroxylation sites is 2. The number of aromatic nitrogens is 1. The maximum absolute atomic E-state index is 13.4. The molecule has 1 amide bonds. The number of benzene rings is 2. The third-order valence-corrected chi connectivity index (χ3v) is 6.42. The molecule has 1 aliphatic carbocycles. The van der Waals surface area contributed by atoms with E-state index in [9.17, 15) is 4.79 Å². The maximum Gasteiger partial charge on any atom is 0.252 e. The lowest BCUT2D eigenvalue weighted by Crippen LogP contribution is -2.45. The molecule has 2 heterocycles. The molecule has 0 spiro atoms. The van der Waals surface area contributed by atoms with E-state index < -0.39 is 0 Å². The predicted molar refractivity (Wildman–Crippen MR) is 121 cm³/mol. The van der Waals surface area contributed by atoms with Gasteiger partial charge in [-0.2, -0.15) is 0 Å². The lowest BCUT2D eigenvalue weighted by atomic mass is 10.0. The summed E-state index contributed by atoms with van der Waals surface area (Å²) in [4.78, 5) is 23.0. The van der Waals surface area contributed by atoms with Crippen LogP contribution in [0.5, 0.6) is 0 Å². The molecule has 1 fully saturated rings. The highest BCUT2D eigenvalue weighted by molar-refractivity contribution is 6.07. The van der Waals surface area contributed by atoms with E-state index in [1.165, 1.54) is 11.3 Å². The van der Waals surface area contributed by atoms with Crippen molar-refractivity contribution in [2.45, 2.75) is 25.8 Å². The van der Waals surface area contributed by atoms with Gasteiger partial charge in [-0.1, -0.05) is 36.4 Å². The van der Waals surface area contributed by atoms with Crippen molar-refractivity contribution in [2.75, 3.05) is 38.1 Å². The molecule has 5 nitrogen and oxygen atoms in total. The summed E-state index contributed by atoms with van der Waals surface area (Å²) >= 11 is 0. The molecule has 1 saturated heterocycles. The van der Waals surface area contributed by atoms with Crippen molar-refractivity contribution >= 4 is 22.5 Å². The quantitative estimate of drug-likeness (QED) is 0.729. The fraction of sp³-hybridized carbons (Fsp3) is 0.360. The number of likely N-dealkylation sites (N-methyl/N-ethyl adjacent to an activating group) is 1. The molecule has 0 unspecified atom stereocenters. The van der Waals surface area contributed by atoms with Crippen LogP contribution in [0, 0.1) is 0 Å². The smallest absolute Gasteiger partial charge is 0.252 e. The Balaban J connectivity index is 1.41. The van der Waals surface area contributed by atoms with Crippen LogP contribution in [0.2, 0.25) is 0 Å². The van der Waals surface area contributed by atoms with Gasteiger partial charge in [-0.25, -0.2) is 0 Å². The minimum Gasteiger partial charge on any atom is -0.369 e. The molecule has 1 aromatic heterocycles. The number of aryl methyl sites for hydroxylation is 1. The number of piperazine rings is 1. The number of nitrogens with one attached hydrogen (secondary N) is 1. The van der Waals surface area contributed by atoms with Crippen LogP contribution in [0.25, 0.3) is 10.9 Å². The first-order valence-corrected chi connectivity index (χ1v) is 10.9. The van der Waals surface area contributed by atoms with Crippen LogP contribution in [-0.2, 0) is 19.4 Å². The Labute approximate surface area is 177 Å². The minimum absolute atomic E-state index is 0.0138. The Morgan fingerprint density at radius 1 is 1.00 bits per heavy atom. The van der Waals surface area contributed by atoms with Crippen molar-refractivity contribution in [3.8, 4) is 0 Å². The summed E-state index contributed by atoms with van der Waals surface area (Å²) in [6.45, 7) is 4.70. The predicted octanol–water partition coefficient (Wildman–Crippen LogP) is 3.41. The summed E-state index contributed by atoms with van der Waals surface area (Å²) in [6.07, 6.45) is 2.98. The number of carbonyl (C=O) groups excluding carboxylic acids is 1. The van der Waals surface area contributed by atoms with Crippen LogP contribution in [0.4, 0.5) is 5.69 Å². The molecule has 0 saturated carbocycles. The van der Waals surface area contributed by atoms with Gasteiger partial charge in [-0.15, -0.1) is 0 Å². The van der Waals surface area contributed by atoms with Gasteiger partial charge >= 0.3 is 0 Å². The number of fused-ring (bicyclic) bond motifs is 2. The van der Waals surface area contributed by atoms with Crippen molar-refractivity contribution in [1.29, 1.82) is 0 Å². The summed E-state index contributed by atoms with van der Waals surface area (Å²) in [7, 11) is 2.17. The zero-order valence-electron chi connectivity index (χ0n) is 17.5. The second-order valence-electron chi connectivity index (χ2n) is 8.38. The van der Waals surface area contributed by atoms with E-state index in [1.54, 1.807) is 0 Å². The first kappa shape index (κ1) is 19.1. The summed E-state index contributed by atoms with van der Waals surface area (Å²) in [5, 5.41) is 4.18. The maximum atomic E-state index is 13.4. The van der Waals surface area contributed by atoms with Gasteiger partial charge in [-0.3, -0.25) is 9.78 Å². The van der Waals surface area contributed by atoms with Gasteiger partial charge in [0, 0.05) is 49.5 Å². The van der Waals surface area contributed by atoms with Gasteiger partial charge in [0.25, 0.3) is 5.91 Å². The molecule has 0 radical (unpaired) electrons. The lowest BCUT2D eigenvalue weighted by Gasteiger charge is -2.35. The first-order valence-electron chi connectivity index (χ1n) is 10.9. The SMILES string of the molecule is CN1CCN(c2ccccc2CNC(=O)c2c3c(nc4ccccc24)CCC3)CC1. The topological polar surface area (TPSA) is 48.5 Å². The summed E-state index contributed by atoms with van der Waals surface area (Å²) < 4.78 is 0. The van der Waals surface area contributed by atoms with Crippen LogP contribution >= 0.6 is 0 Å². The summed E-state index contributed by atoms with van der Waals surface area (Å²) in [5.41, 5.74) is 6.38. The molecule has 2 aromatic carbocycles. The van der Waals surface area contributed by atoms with Gasteiger partial charge in [-0.05, 0) is 49.6 Å². The normalized spacial score (nSPS) is 16.6. The van der Waals surface area contributed by atoms with Crippen molar-refractivity contribution in [2.24, 2.45) is 0 Å². The molecule has 1 aliphatic heterocycles. The molecular weight excluding hydrogens is 372 g/mol. The molecule has 5 heteroatoms. The molecular formula is C25H28N4O. The van der Waals surface area contributed by atoms with E-state index in [1.807, 2.05) is 24.3 Å². The van der Waals surface area contributed by atoms with Crippen LogP contribution in [0.3, 0.4) is 0 Å². The molecule has 0 bridgehead atoms. The second kappa shape index (κ2) is 8.07. The van der Waals surface area contributed by atoms with E-state index in [-0.39, 0.29) is 5.91 Å². The Hall–Kier alpha value is -2.92. The van der Waals surface area contributed by atoms with Crippen LogP contribution < -0.4 is 10.2 Å². The molecule has 1 N–H and O–H groups in total. The fourth-order valence-electron chi connectivity index (χ4n) is 4.75. The van der Waals surface area contributed by atoms with Crippen molar-refractivity contribution < 1.29 is 4.79 Å². The highest BCUT2D eigenvalue weighted by Crippen LogP contribution is 2.30. The standard InChI is InChI=1S/C25H28N4O/c1-28-13-15-29(16-14-28)23-12-5-2-7-18(23)17-26-25(30)24-19-8-3-4-10-21(19)27-22-11-6-9-20(22)24/h2-5,7-8,10,12H,6,9,11,13-17H2,1H3,(H,26,30). The number of carbonyl (C=O) groups is 1. The average Bonchev–Trinajstić information content (AvgIpc) is 3.24. The molecule has 3 aromatic rings. The molecule has 0 atom stereocenters. The molecule has 2 aliphatic rings. The van der Waals surface area contributed by atoms with Crippen LogP contribution in [-0.4, -0.2) is 49.0 Å². The number of nitrogens with zero attached hydrogens (tertiary/aromatic N) is 3. The van der Waals surface area contributed by atoms with Crippen molar-refractivity contribution in [3.05, 3.63) is 70.9 Å². The highest BCUT2D eigenvalue weighted by atomic mass is 16.1. The van der Waals surface area contributed by atoms with E-state index >= 15 is 0 Å². The molecule has 154 valence electrons. The zero-order chi connectivity index (χ0) is 20.5. The highest BCUT2D eigenvalue weighted by Gasteiger charge is 2.24. The van der Waals surface area contributed by atoms with Gasteiger partial charge in [0.05, 0.1) is 11.1 Å². The minimum atomic E-state index is 0.0138. The summed E-state index contributed by atoms with van der Waals surface area (Å²) in [5.74, 6) is 0.0138. The number of anilines is 1. The van der Waals surface area contributed by atoms with E-state index in [0.717, 1.165) is 73.2 Å². The zero-order valence-corrected chi connectivity index (χ0v) is 17.5. The average molecular weight is 401 g/mol. The Kier molecular flexibility index (Phi) is 5.13. The van der Waals surface area contributed by atoms with Gasteiger partial charge in [0.1, 0.15) is 0 Å². The fourth-order valence-corrected chi connectivity index (χ4v) is 4.75. The molecule has 5 rings (SSSR count). The van der Waals surface area contributed by atoms with Gasteiger partial charge < -0.3 is 15.1 Å². The number of hydrogen-bond donors (Lipinski definition) is 1. The van der Waals surface area contributed by atoms with Gasteiger partial charge in [0.15, 0.2) is 0 Å². The number of hydrogen-bond acceptors (Lipinski definition) is 4. The van der Waals surface area contributed by atoms with Crippen molar-refractivity contribution in [3.63, 3.8) is 0 Å². The molecule has 30 heavy (non-hydrogen) atoms. The third kappa shape index (κ3) is 3.54. The lowest BCUT2D eigenvalue weighted by molar-refractivity contribution is 0.0951. The second-order valence-corrected chi connectivity index (χ2v) is 8.38. The Morgan fingerprint density at radius 3 is 2.63 bits per heavy atom. The first-order chi connectivity index (χ1) is 14.7. The number of pyridine rings is 1. The van der Waals surface area contributed by atoms with Crippen LogP contribution in [0.1, 0.15) is 33.6 Å². The van der Waals surface area contributed by atoms with E-state index in [0.29, 0.717) is 6.54 Å². The van der Waals surface area contributed by atoms with E-state index in [4.69, 9.17) is 4.98 Å². The van der Waals surface area contributed by atoms with Gasteiger partial charge in [0.2, 0.25) is 0 Å². The number of amides is 1. The van der Waals surface area contributed by atoms with Crippen LogP contribution in [0.15, 0.2) is 48.5 Å². The summed E-state index contributed by atoms with van der Waals surface area (Å²) in [6, 6.07) is 16.5. The monoisotopic (exact) mass is 400 g/mol. The number of rotatable bonds is 4. The van der Waals surface area contributed by atoms with Crippen molar-refractivity contribution in [1.82, 2.24) is 15.2 Å². The Bertz CT molecular complexity index is 1090. The third-order valence-electron chi connectivity index (χ3n) is 6.42. The van der Waals surface area contributed by atoms with E-state index in [2.05, 4.69) is 46.4 Å².